The van der Waals surface area contributed by atoms with Crippen molar-refractivity contribution in [3.63, 3.8) is 0 Å². The molecule has 0 heterocycles. The van der Waals surface area contributed by atoms with Crippen molar-refractivity contribution in [2.45, 2.75) is 32.6 Å². The van der Waals surface area contributed by atoms with Crippen molar-refractivity contribution in [3.05, 3.63) is 29.6 Å². The van der Waals surface area contributed by atoms with Crippen LogP contribution in [0.1, 0.15) is 31.2 Å². The summed E-state index contributed by atoms with van der Waals surface area (Å²) in [6.07, 6.45) is 3.10. The van der Waals surface area contributed by atoms with Crippen LogP contribution in [0, 0.1) is 12.7 Å². The van der Waals surface area contributed by atoms with Crippen molar-refractivity contribution in [2.24, 2.45) is 5.14 Å². The Balaban J connectivity index is 2.14. The quantitative estimate of drug-likeness (QED) is 0.747. The van der Waals surface area contributed by atoms with Gasteiger partial charge in [0, 0.05) is 0 Å². The van der Waals surface area contributed by atoms with Crippen LogP contribution < -0.4 is 9.88 Å². The van der Waals surface area contributed by atoms with Crippen molar-refractivity contribution >= 4 is 10.0 Å². The first-order valence-corrected chi connectivity index (χ1v) is 7.99. The number of benzene rings is 1. The molecule has 0 aliphatic rings. The highest BCUT2D eigenvalue weighted by Gasteiger charge is 2.02. The number of ether oxygens (including phenoxy) is 1. The molecule has 6 heteroatoms. The van der Waals surface area contributed by atoms with Crippen LogP contribution in [-0.2, 0) is 10.0 Å². The molecule has 0 saturated carbocycles. The fraction of sp³-hybridized carbons (Fsp3) is 0.538. The lowest BCUT2D eigenvalue weighted by Gasteiger charge is -2.08. The van der Waals surface area contributed by atoms with Gasteiger partial charge in [0.15, 0.2) is 0 Å². The highest BCUT2D eigenvalue weighted by Crippen LogP contribution is 2.18. The van der Waals surface area contributed by atoms with Gasteiger partial charge in [0.2, 0.25) is 10.0 Å². The zero-order valence-corrected chi connectivity index (χ0v) is 11.9. The molecule has 1 rings (SSSR count). The Hall–Kier alpha value is -1.14. The van der Waals surface area contributed by atoms with Gasteiger partial charge in [-0.2, -0.15) is 0 Å². The summed E-state index contributed by atoms with van der Waals surface area (Å²) >= 11 is 0. The van der Waals surface area contributed by atoms with Crippen LogP contribution in [0.3, 0.4) is 0 Å². The van der Waals surface area contributed by atoms with Crippen molar-refractivity contribution < 1.29 is 17.5 Å². The number of primary sulfonamides is 1. The number of halogens is 1. The average molecular weight is 289 g/mol. The van der Waals surface area contributed by atoms with Crippen LogP contribution in [0.5, 0.6) is 5.75 Å². The number of aryl methyl sites for hydroxylation is 1. The SMILES string of the molecule is Cc1cc(F)ccc1OCCCCCCS(N)(=O)=O. The van der Waals surface area contributed by atoms with E-state index in [1.165, 1.54) is 12.1 Å². The lowest BCUT2D eigenvalue weighted by atomic mass is 10.2. The van der Waals surface area contributed by atoms with E-state index in [2.05, 4.69) is 0 Å². The number of nitrogens with two attached hydrogens (primary N) is 1. The Bertz CT molecular complexity index is 503. The van der Waals surface area contributed by atoms with Gasteiger partial charge in [-0.1, -0.05) is 12.8 Å². The Morgan fingerprint density at radius 1 is 1.21 bits per heavy atom. The third-order valence-corrected chi connectivity index (χ3v) is 3.58. The molecule has 19 heavy (non-hydrogen) atoms. The lowest BCUT2D eigenvalue weighted by Crippen LogP contribution is -2.16. The standard InChI is InChI=1S/C13H20FNO3S/c1-11-10-12(14)6-7-13(11)18-8-4-2-3-5-9-19(15,16)17/h6-7,10H,2-5,8-9H2,1H3,(H2,15,16,17). The highest BCUT2D eigenvalue weighted by molar-refractivity contribution is 7.89. The first-order chi connectivity index (χ1) is 8.88. The van der Waals surface area contributed by atoms with Crippen LogP contribution in [0.15, 0.2) is 18.2 Å². The topological polar surface area (TPSA) is 69.4 Å². The normalized spacial score (nSPS) is 11.5. The molecule has 0 bridgehead atoms. The summed E-state index contributed by atoms with van der Waals surface area (Å²) in [7, 11) is -3.34. The van der Waals surface area contributed by atoms with Crippen molar-refractivity contribution in [3.8, 4) is 5.75 Å². The molecule has 0 aromatic heterocycles. The van der Waals surface area contributed by atoms with E-state index in [-0.39, 0.29) is 11.6 Å². The van der Waals surface area contributed by atoms with Gasteiger partial charge < -0.3 is 4.74 Å². The van der Waals surface area contributed by atoms with E-state index >= 15 is 0 Å². The fourth-order valence-electron chi connectivity index (χ4n) is 1.72. The van der Waals surface area contributed by atoms with Crippen molar-refractivity contribution in [1.82, 2.24) is 0 Å². The summed E-state index contributed by atoms with van der Waals surface area (Å²) in [5, 5.41) is 4.90. The van der Waals surface area contributed by atoms with Gasteiger partial charge in [-0.05, 0) is 43.5 Å². The molecular weight excluding hydrogens is 269 g/mol. The van der Waals surface area contributed by atoms with Gasteiger partial charge in [-0.25, -0.2) is 17.9 Å². The summed E-state index contributed by atoms with van der Waals surface area (Å²) in [6, 6.07) is 4.42. The van der Waals surface area contributed by atoms with Crippen molar-refractivity contribution in [1.29, 1.82) is 0 Å². The highest BCUT2D eigenvalue weighted by atomic mass is 32.2. The van der Waals surface area contributed by atoms with Crippen molar-refractivity contribution in [2.75, 3.05) is 12.4 Å². The molecule has 0 aliphatic carbocycles. The second kappa shape index (κ2) is 7.45. The second-order valence-electron chi connectivity index (χ2n) is 4.54. The van der Waals surface area contributed by atoms with Crippen LogP contribution >= 0.6 is 0 Å². The molecule has 0 atom stereocenters. The number of sulfonamides is 1. The number of hydrogen-bond acceptors (Lipinski definition) is 3. The zero-order chi connectivity index (χ0) is 14.3. The largest absolute Gasteiger partial charge is 0.493 e. The molecule has 0 radical (unpaired) electrons. The minimum atomic E-state index is -3.34. The van der Waals surface area contributed by atoms with Gasteiger partial charge in [0.1, 0.15) is 11.6 Å². The maximum absolute atomic E-state index is 12.9. The van der Waals surface area contributed by atoms with E-state index in [0.29, 0.717) is 18.8 Å². The lowest BCUT2D eigenvalue weighted by molar-refractivity contribution is 0.302. The number of unbranched alkanes of at least 4 members (excludes halogenated alkanes) is 3. The molecule has 0 saturated heterocycles. The smallest absolute Gasteiger partial charge is 0.209 e. The Labute approximate surface area is 113 Å². The van der Waals surface area contributed by atoms with Gasteiger partial charge in [0.25, 0.3) is 0 Å². The maximum Gasteiger partial charge on any atom is 0.209 e. The predicted molar refractivity (Wildman–Crippen MR) is 73.1 cm³/mol. The molecular formula is C13H20FNO3S. The van der Waals surface area contributed by atoms with Gasteiger partial charge in [-0.15, -0.1) is 0 Å². The predicted octanol–water partition coefficient (Wildman–Crippen LogP) is 2.36. The Kier molecular flexibility index (Phi) is 6.24. The molecule has 0 aliphatic heterocycles. The number of hydrogen-bond donors (Lipinski definition) is 1. The molecule has 0 unspecified atom stereocenters. The van der Waals surface area contributed by atoms with E-state index < -0.39 is 10.0 Å². The van der Waals surface area contributed by atoms with E-state index in [9.17, 15) is 12.8 Å². The van der Waals surface area contributed by atoms with Crippen LogP contribution in [0.25, 0.3) is 0 Å². The fourth-order valence-corrected chi connectivity index (χ4v) is 2.32. The molecule has 1 aromatic rings. The van der Waals surface area contributed by atoms with Crippen LogP contribution in [0.2, 0.25) is 0 Å². The van der Waals surface area contributed by atoms with Gasteiger partial charge in [0.05, 0.1) is 12.4 Å². The second-order valence-corrected chi connectivity index (χ2v) is 6.27. The summed E-state index contributed by atoms with van der Waals surface area (Å²) in [5.41, 5.74) is 0.772. The summed E-state index contributed by atoms with van der Waals surface area (Å²) in [5.74, 6) is 0.448. The molecule has 2 N–H and O–H groups in total. The van der Waals surface area contributed by atoms with E-state index in [0.717, 1.165) is 24.8 Å². The minimum Gasteiger partial charge on any atom is -0.493 e. The summed E-state index contributed by atoms with van der Waals surface area (Å²) in [6.45, 7) is 2.34. The average Bonchev–Trinajstić information content (AvgIpc) is 2.29. The molecule has 108 valence electrons. The summed E-state index contributed by atoms with van der Waals surface area (Å²) < 4.78 is 39.8. The Morgan fingerprint density at radius 2 is 1.89 bits per heavy atom. The van der Waals surface area contributed by atoms with E-state index in [1.807, 2.05) is 0 Å². The third kappa shape index (κ3) is 7.12. The molecule has 0 amide bonds. The van der Waals surface area contributed by atoms with Crippen LogP contribution in [0.4, 0.5) is 4.39 Å². The molecule has 1 aromatic carbocycles. The monoisotopic (exact) mass is 289 g/mol. The van der Waals surface area contributed by atoms with Gasteiger partial charge in [-0.3, -0.25) is 0 Å². The molecule has 4 nitrogen and oxygen atoms in total. The first kappa shape index (κ1) is 15.9. The minimum absolute atomic E-state index is 0.0327. The maximum atomic E-state index is 12.9. The number of rotatable bonds is 8. The first-order valence-electron chi connectivity index (χ1n) is 6.28. The van der Waals surface area contributed by atoms with Crippen LogP contribution in [-0.4, -0.2) is 20.8 Å². The molecule has 0 spiro atoms. The molecule has 0 fully saturated rings. The third-order valence-electron chi connectivity index (χ3n) is 2.72. The Morgan fingerprint density at radius 3 is 2.53 bits per heavy atom. The summed E-state index contributed by atoms with van der Waals surface area (Å²) in [4.78, 5) is 0. The zero-order valence-electron chi connectivity index (χ0n) is 11.1. The van der Waals surface area contributed by atoms with E-state index in [4.69, 9.17) is 9.88 Å². The van der Waals surface area contributed by atoms with E-state index in [1.54, 1.807) is 13.0 Å². The van der Waals surface area contributed by atoms with Gasteiger partial charge >= 0.3 is 0 Å².